The van der Waals surface area contributed by atoms with Crippen LogP contribution in [0.3, 0.4) is 0 Å². The number of nitrogens with two attached hydrogens (primary N) is 1. The Kier molecular flexibility index (Phi) is 5.94. The Labute approximate surface area is 140 Å². The number of aromatic nitrogens is 2. The molecule has 2 aromatic rings. The minimum Gasteiger partial charge on any atom is -0.383 e. The number of nitrogens with one attached hydrogen (secondary N) is 1. The van der Waals surface area contributed by atoms with Gasteiger partial charge in [-0.15, -0.1) is 0 Å². The summed E-state index contributed by atoms with van der Waals surface area (Å²) < 4.78 is 20.8. The van der Waals surface area contributed by atoms with Gasteiger partial charge in [0.15, 0.2) is 0 Å². The van der Waals surface area contributed by atoms with E-state index in [0.29, 0.717) is 18.2 Å². The molecule has 1 unspecified atom stereocenters. The second-order valence-electron chi connectivity index (χ2n) is 4.36. The van der Waals surface area contributed by atoms with E-state index in [2.05, 4.69) is 33.1 Å². The summed E-state index contributed by atoms with van der Waals surface area (Å²) in [5.74, 6) is 5.40. The molecule has 1 atom stereocenters. The average molecular weight is 425 g/mol. The smallest absolute Gasteiger partial charge is 0.124 e. The van der Waals surface area contributed by atoms with Gasteiger partial charge < -0.3 is 4.74 Å². The molecule has 0 fully saturated rings. The predicted molar refractivity (Wildman–Crippen MR) is 87.4 cm³/mol. The second-order valence-corrected chi connectivity index (χ2v) is 5.93. The Balaban J connectivity index is 2.43. The van der Waals surface area contributed by atoms with E-state index in [1.165, 1.54) is 12.1 Å². The molecule has 21 heavy (non-hydrogen) atoms. The van der Waals surface area contributed by atoms with Gasteiger partial charge in [0, 0.05) is 10.7 Å². The van der Waals surface area contributed by atoms with Crippen molar-refractivity contribution in [3.63, 3.8) is 0 Å². The Morgan fingerprint density at radius 3 is 2.95 bits per heavy atom. The molecule has 0 bridgehead atoms. The fourth-order valence-corrected chi connectivity index (χ4v) is 3.11. The number of methoxy groups -OCH3 is 1. The molecule has 114 valence electrons. The normalized spacial score (nSPS) is 12.6. The molecule has 8 heteroatoms. The zero-order valence-electron chi connectivity index (χ0n) is 11.3. The molecule has 0 aliphatic carbocycles. The van der Waals surface area contributed by atoms with Crippen LogP contribution in [0, 0.1) is 9.39 Å². The Bertz CT molecular complexity index is 622. The van der Waals surface area contributed by atoms with E-state index in [4.69, 9.17) is 22.2 Å². The van der Waals surface area contributed by atoms with Crippen molar-refractivity contribution in [3.05, 3.63) is 50.1 Å². The molecule has 0 amide bonds. The van der Waals surface area contributed by atoms with Crippen LogP contribution in [0.1, 0.15) is 17.3 Å². The lowest BCUT2D eigenvalue weighted by Gasteiger charge is -2.20. The third-order valence-corrected chi connectivity index (χ3v) is 4.28. The highest BCUT2D eigenvalue weighted by Crippen LogP contribution is 2.30. The van der Waals surface area contributed by atoms with E-state index in [9.17, 15) is 4.39 Å². The van der Waals surface area contributed by atoms with Gasteiger partial charge in [0.05, 0.1) is 36.1 Å². The van der Waals surface area contributed by atoms with Crippen LogP contribution in [0.25, 0.3) is 0 Å². The molecule has 0 radical (unpaired) electrons. The van der Waals surface area contributed by atoms with Crippen molar-refractivity contribution in [1.82, 2.24) is 15.2 Å². The maximum absolute atomic E-state index is 13.3. The van der Waals surface area contributed by atoms with Gasteiger partial charge in [0.1, 0.15) is 5.82 Å². The van der Waals surface area contributed by atoms with Crippen molar-refractivity contribution >= 4 is 34.2 Å². The minimum atomic E-state index is -0.385. The van der Waals surface area contributed by atoms with Crippen LogP contribution in [0.4, 0.5) is 4.39 Å². The van der Waals surface area contributed by atoms with Gasteiger partial charge >= 0.3 is 0 Å². The van der Waals surface area contributed by atoms with Gasteiger partial charge in [-0.3, -0.25) is 10.5 Å². The Morgan fingerprint density at radius 2 is 2.33 bits per heavy atom. The van der Waals surface area contributed by atoms with E-state index in [1.807, 2.05) is 0 Å². The van der Waals surface area contributed by atoms with Gasteiger partial charge in [0.2, 0.25) is 0 Å². The first kappa shape index (κ1) is 16.6. The summed E-state index contributed by atoms with van der Waals surface area (Å²) in [7, 11) is 1.62. The van der Waals surface area contributed by atoms with E-state index < -0.39 is 0 Å². The van der Waals surface area contributed by atoms with Crippen molar-refractivity contribution in [1.29, 1.82) is 0 Å². The van der Waals surface area contributed by atoms with Gasteiger partial charge in [-0.05, 0) is 40.3 Å². The topological polar surface area (TPSA) is 65.1 Å². The zero-order chi connectivity index (χ0) is 15.4. The Hall–Kier alpha value is -0.740. The second kappa shape index (κ2) is 7.50. The summed E-state index contributed by atoms with van der Waals surface area (Å²) >= 11 is 8.30. The molecule has 0 spiro atoms. The van der Waals surface area contributed by atoms with Gasteiger partial charge in [-0.25, -0.2) is 9.82 Å². The lowest BCUT2D eigenvalue weighted by molar-refractivity contribution is 0.182. The summed E-state index contributed by atoms with van der Waals surface area (Å²) in [4.78, 5) is 0. The first-order chi connectivity index (χ1) is 10.1. The number of halogens is 3. The molecule has 0 saturated carbocycles. The number of nitrogens with zero attached hydrogens (tertiary/aromatic N) is 2. The van der Waals surface area contributed by atoms with Crippen LogP contribution < -0.4 is 11.3 Å². The molecular weight excluding hydrogens is 410 g/mol. The number of benzene rings is 1. The molecule has 0 aliphatic heterocycles. The summed E-state index contributed by atoms with van der Waals surface area (Å²) in [5.41, 5.74) is 4.28. The number of rotatable bonds is 6. The number of hydrogen-bond donors (Lipinski definition) is 2. The van der Waals surface area contributed by atoms with Crippen LogP contribution in [-0.2, 0) is 11.3 Å². The highest BCUT2D eigenvalue weighted by molar-refractivity contribution is 14.1. The predicted octanol–water partition coefficient (Wildman–Crippen LogP) is 2.48. The molecule has 1 aromatic heterocycles. The van der Waals surface area contributed by atoms with Crippen LogP contribution in [0.15, 0.2) is 24.4 Å². The van der Waals surface area contributed by atoms with E-state index in [0.717, 1.165) is 14.8 Å². The largest absolute Gasteiger partial charge is 0.383 e. The van der Waals surface area contributed by atoms with Crippen LogP contribution in [-0.4, -0.2) is 23.5 Å². The minimum absolute atomic E-state index is 0.294. The quantitative estimate of drug-likeness (QED) is 0.425. The highest BCUT2D eigenvalue weighted by Gasteiger charge is 2.23. The highest BCUT2D eigenvalue weighted by atomic mass is 127. The van der Waals surface area contributed by atoms with E-state index in [-0.39, 0.29) is 11.9 Å². The molecule has 3 N–H and O–H groups in total. The lowest BCUT2D eigenvalue weighted by Crippen LogP contribution is -2.32. The van der Waals surface area contributed by atoms with Crippen molar-refractivity contribution in [2.75, 3.05) is 13.7 Å². The standard InChI is InChI=1S/C13H15ClFIN4O/c1-21-5-4-20-13(10(14)7-18-20)12(19-17)9-3-2-8(15)6-11(9)16/h2-3,6-7,12,19H,4-5,17H2,1H3. The molecular formula is C13H15ClFIN4O. The lowest BCUT2D eigenvalue weighted by atomic mass is 10.0. The summed E-state index contributed by atoms with van der Waals surface area (Å²) in [5, 5.41) is 4.72. The van der Waals surface area contributed by atoms with Crippen molar-refractivity contribution in [2.24, 2.45) is 5.84 Å². The number of hydrogen-bond acceptors (Lipinski definition) is 4. The SMILES string of the molecule is COCCn1ncc(Cl)c1C(NN)c1ccc(F)cc1I. The molecule has 1 heterocycles. The average Bonchev–Trinajstić information content (AvgIpc) is 2.81. The van der Waals surface area contributed by atoms with E-state index in [1.54, 1.807) is 24.1 Å². The molecule has 0 aliphatic rings. The van der Waals surface area contributed by atoms with Crippen molar-refractivity contribution in [2.45, 2.75) is 12.6 Å². The summed E-state index contributed by atoms with van der Waals surface area (Å²) in [6, 6.07) is 4.14. The van der Waals surface area contributed by atoms with Crippen LogP contribution in [0.2, 0.25) is 5.02 Å². The van der Waals surface area contributed by atoms with Crippen molar-refractivity contribution < 1.29 is 9.13 Å². The maximum atomic E-state index is 13.3. The third-order valence-electron chi connectivity index (χ3n) is 3.05. The maximum Gasteiger partial charge on any atom is 0.124 e. The summed E-state index contributed by atoms with van der Waals surface area (Å²) in [6.07, 6.45) is 1.56. The van der Waals surface area contributed by atoms with Gasteiger partial charge in [-0.1, -0.05) is 17.7 Å². The third kappa shape index (κ3) is 3.72. The Morgan fingerprint density at radius 1 is 1.57 bits per heavy atom. The first-order valence-electron chi connectivity index (χ1n) is 6.19. The molecule has 0 saturated heterocycles. The van der Waals surface area contributed by atoms with Gasteiger partial charge in [-0.2, -0.15) is 5.10 Å². The van der Waals surface area contributed by atoms with Gasteiger partial charge in [0.25, 0.3) is 0 Å². The molecule has 2 rings (SSSR count). The number of ether oxygens (including phenoxy) is 1. The fourth-order valence-electron chi connectivity index (χ4n) is 2.07. The van der Waals surface area contributed by atoms with Crippen LogP contribution >= 0.6 is 34.2 Å². The van der Waals surface area contributed by atoms with E-state index >= 15 is 0 Å². The summed E-state index contributed by atoms with van der Waals surface area (Å²) in [6.45, 7) is 1.05. The fraction of sp³-hybridized carbons (Fsp3) is 0.308. The molecule has 5 nitrogen and oxygen atoms in total. The number of hydrazine groups is 1. The zero-order valence-corrected chi connectivity index (χ0v) is 14.2. The van der Waals surface area contributed by atoms with Crippen molar-refractivity contribution in [3.8, 4) is 0 Å². The monoisotopic (exact) mass is 424 g/mol. The first-order valence-corrected chi connectivity index (χ1v) is 7.65. The molecule has 1 aromatic carbocycles. The van der Waals surface area contributed by atoms with Crippen LogP contribution in [0.5, 0.6) is 0 Å².